The first-order chi connectivity index (χ1) is 10.7. The van der Waals surface area contributed by atoms with Crippen LogP contribution in [0.4, 0.5) is 0 Å². The van der Waals surface area contributed by atoms with E-state index in [9.17, 15) is 0 Å². The minimum atomic E-state index is 0.147. The van der Waals surface area contributed by atoms with Gasteiger partial charge in [0, 0.05) is 26.2 Å². The highest BCUT2D eigenvalue weighted by Crippen LogP contribution is 2.36. The minimum Gasteiger partial charge on any atom is -0.314 e. The van der Waals surface area contributed by atoms with Crippen LogP contribution in [0.5, 0.6) is 0 Å². The SMILES string of the molecule is Cc1ccc(C(c2cccc(Cl)c2Cl)N2CCNCC2)cc1. The van der Waals surface area contributed by atoms with E-state index in [1.165, 1.54) is 11.1 Å². The van der Waals surface area contributed by atoms with Gasteiger partial charge in [-0.25, -0.2) is 0 Å². The van der Waals surface area contributed by atoms with Gasteiger partial charge in [-0.2, -0.15) is 0 Å². The van der Waals surface area contributed by atoms with Crippen LogP contribution in [-0.2, 0) is 0 Å². The fourth-order valence-corrected chi connectivity index (χ4v) is 3.42. The maximum absolute atomic E-state index is 6.51. The van der Waals surface area contributed by atoms with Gasteiger partial charge < -0.3 is 5.32 Å². The van der Waals surface area contributed by atoms with E-state index in [1.54, 1.807) is 0 Å². The Kier molecular flexibility index (Phi) is 5.04. The molecule has 2 aromatic rings. The molecule has 116 valence electrons. The second-order valence-electron chi connectivity index (χ2n) is 5.74. The van der Waals surface area contributed by atoms with Crippen LogP contribution in [0.3, 0.4) is 0 Å². The number of hydrogen-bond acceptors (Lipinski definition) is 2. The number of rotatable bonds is 3. The van der Waals surface area contributed by atoms with Gasteiger partial charge in [-0.05, 0) is 24.1 Å². The molecule has 0 aromatic heterocycles. The van der Waals surface area contributed by atoms with Gasteiger partial charge in [0.1, 0.15) is 0 Å². The minimum absolute atomic E-state index is 0.147. The summed E-state index contributed by atoms with van der Waals surface area (Å²) >= 11 is 12.8. The van der Waals surface area contributed by atoms with Crippen LogP contribution in [0.1, 0.15) is 22.7 Å². The maximum atomic E-state index is 6.51. The Morgan fingerprint density at radius 1 is 1.00 bits per heavy atom. The number of benzene rings is 2. The zero-order chi connectivity index (χ0) is 15.5. The molecule has 3 rings (SSSR count). The van der Waals surface area contributed by atoms with Crippen molar-refractivity contribution in [1.29, 1.82) is 0 Å². The Morgan fingerprint density at radius 3 is 2.36 bits per heavy atom. The van der Waals surface area contributed by atoms with Crippen molar-refractivity contribution in [2.75, 3.05) is 26.2 Å². The van der Waals surface area contributed by atoms with Gasteiger partial charge in [0.05, 0.1) is 16.1 Å². The van der Waals surface area contributed by atoms with Gasteiger partial charge in [0.15, 0.2) is 0 Å². The van der Waals surface area contributed by atoms with Crippen LogP contribution < -0.4 is 5.32 Å². The summed E-state index contributed by atoms with van der Waals surface area (Å²) in [6, 6.07) is 14.8. The van der Waals surface area contributed by atoms with E-state index in [0.717, 1.165) is 31.7 Å². The van der Waals surface area contributed by atoms with Crippen molar-refractivity contribution >= 4 is 23.2 Å². The first-order valence-corrected chi connectivity index (χ1v) is 8.37. The molecule has 1 fully saturated rings. The van der Waals surface area contributed by atoms with E-state index in [0.29, 0.717) is 10.0 Å². The summed E-state index contributed by atoms with van der Waals surface area (Å²) in [4.78, 5) is 2.47. The smallest absolute Gasteiger partial charge is 0.0643 e. The molecule has 0 amide bonds. The quantitative estimate of drug-likeness (QED) is 0.900. The van der Waals surface area contributed by atoms with Crippen molar-refractivity contribution < 1.29 is 0 Å². The van der Waals surface area contributed by atoms with E-state index >= 15 is 0 Å². The van der Waals surface area contributed by atoms with Crippen molar-refractivity contribution in [2.45, 2.75) is 13.0 Å². The molecule has 1 heterocycles. The zero-order valence-electron chi connectivity index (χ0n) is 12.7. The maximum Gasteiger partial charge on any atom is 0.0643 e. The Hall–Kier alpha value is -1.06. The molecule has 4 heteroatoms. The lowest BCUT2D eigenvalue weighted by Crippen LogP contribution is -2.45. The lowest BCUT2D eigenvalue weighted by molar-refractivity contribution is 0.198. The zero-order valence-corrected chi connectivity index (χ0v) is 14.2. The third kappa shape index (κ3) is 3.31. The van der Waals surface area contributed by atoms with Crippen molar-refractivity contribution in [1.82, 2.24) is 10.2 Å². The largest absolute Gasteiger partial charge is 0.314 e. The molecule has 0 radical (unpaired) electrons. The molecular weight excluding hydrogens is 315 g/mol. The monoisotopic (exact) mass is 334 g/mol. The van der Waals surface area contributed by atoms with Crippen LogP contribution in [0.25, 0.3) is 0 Å². The third-order valence-corrected chi connectivity index (χ3v) is 5.02. The van der Waals surface area contributed by atoms with Gasteiger partial charge >= 0.3 is 0 Å². The molecule has 0 bridgehead atoms. The predicted molar refractivity (Wildman–Crippen MR) is 93.9 cm³/mol. The Bertz CT molecular complexity index is 634. The third-order valence-electron chi connectivity index (χ3n) is 4.19. The lowest BCUT2D eigenvalue weighted by Gasteiger charge is -2.36. The summed E-state index contributed by atoms with van der Waals surface area (Å²) in [5.41, 5.74) is 3.61. The van der Waals surface area contributed by atoms with E-state index < -0.39 is 0 Å². The van der Waals surface area contributed by atoms with Gasteiger partial charge in [0.2, 0.25) is 0 Å². The normalized spacial score (nSPS) is 17.4. The van der Waals surface area contributed by atoms with Crippen molar-refractivity contribution in [3.8, 4) is 0 Å². The second-order valence-corrected chi connectivity index (χ2v) is 6.53. The molecule has 1 saturated heterocycles. The standard InChI is InChI=1S/C18H20Cl2N2/c1-13-5-7-14(8-6-13)18(22-11-9-21-10-12-22)15-3-2-4-16(19)17(15)20/h2-8,18,21H,9-12H2,1H3. The molecule has 1 aliphatic rings. The first-order valence-electron chi connectivity index (χ1n) is 7.62. The molecule has 0 saturated carbocycles. The highest BCUT2D eigenvalue weighted by molar-refractivity contribution is 6.42. The number of nitrogens with zero attached hydrogens (tertiary/aromatic N) is 1. The highest BCUT2D eigenvalue weighted by atomic mass is 35.5. The Labute approximate surface area is 142 Å². The van der Waals surface area contributed by atoms with Gasteiger partial charge in [-0.1, -0.05) is 65.2 Å². The van der Waals surface area contributed by atoms with Gasteiger partial charge in [-0.15, -0.1) is 0 Å². The van der Waals surface area contributed by atoms with Crippen LogP contribution in [0.15, 0.2) is 42.5 Å². The summed E-state index contributed by atoms with van der Waals surface area (Å²) in [6.45, 7) is 6.11. The topological polar surface area (TPSA) is 15.3 Å². The molecule has 2 nitrogen and oxygen atoms in total. The number of aryl methyl sites for hydroxylation is 1. The van der Waals surface area contributed by atoms with Crippen LogP contribution in [0.2, 0.25) is 10.0 Å². The summed E-state index contributed by atoms with van der Waals surface area (Å²) in [5.74, 6) is 0. The molecule has 1 unspecified atom stereocenters. The molecule has 1 aliphatic heterocycles. The Morgan fingerprint density at radius 2 is 1.68 bits per heavy atom. The number of hydrogen-bond donors (Lipinski definition) is 1. The van der Waals surface area contributed by atoms with E-state index in [4.69, 9.17) is 23.2 Å². The fourth-order valence-electron chi connectivity index (χ4n) is 3.01. The van der Waals surface area contributed by atoms with Crippen LogP contribution in [-0.4, -0.2) is 31.1 Å². The fraction of sp³-hybridized carbons (Fsp3) is 0.333. The van der Waals surface area contributed by atoms with E-state index in [2.05, 4.69) is 47.5 Å². The average molecular weight is 335 g/mol. The summed E-state index contributed by atoms with van der Waals surface area (Å²) in [6.07, 6.45) is 0. The molecule has 0 spiro atoms. The molecule has 22 heavy (non-hydrogen) atoms. The predicted octanol–water partition coefficient (Wildman–Crippen LogP) is 4.30. The summed E-state index contributed by atoms with van der Waals surface area (Å²) in [7, 11) is 0. The average Bonchev–Trinajstić information content (AvgIpc) is 2.54. The highest BCUT2D eigenvalue weighted by Gasteiger charge is 2.26. The number of piperazine rings is 1. The molecule has 0 aliphatic carbocycles. The van der Waals surface area contributed by atoms with Gasteiger partial charge in [0.25, 0.3) is 0 Å². The Balaban J connectivity index is 2.05. The van der Waals surface area contributed by atoms with E-state index in [-0.39, 0.29) is 6.04 Å². The number of nitrogens with one attached hydrogen (secondary N) is 1. The first kappa shape index (κ1) is 15.8. The van der Waals surface area contributed by atoms with Crippen molar-refractivity contribution in [3.05, 3.63) is 69.2 Å². The van der Waals surface area contributed by atoms with Crippen LogP contribution in [0, 0.1) is 6.92 Å². The van der Waals surface area contributed by atoms with Crippen molar-refractivity contribution in [3.63, 3.8) is 0 Å². The summed E-state index contributed by atoms with van der Waals surface area (Å²) in [5, 5.41) is 4.68. The summed E-state index contributed by atoms with van der Waals surface area (Å²) < 4.78 is 0. The molecule has 1 atom stereocenters. The van der Waals surface area contributed by atoms with E-state index in [1.807, 2.05) is 12.1 Å². The lowest BCUT2D eigenvalue weighted by atomic mass is 9.95. The van der Waals surface area contributed by atoms with Gasteiger partial charge in [-0.3, -0.25) is 4.90 Å². The molecule has 2 aromatic carbocycles. The van der Waals surface area contributed by atoms with Crippen LogP contribution >= 0.6 is 23.2 Å². The van der Waals surface area contributed by atoms with Crippen molar-refractivity contribution in [2.24, 2.45) is 0 Å². The molecule has 1 N–H and O–H groups in total. The second kappa shape index (κ2) is 7.01. The number of halogens is 2. The molecular formula is C18H20Cl2N2.